The van der Waals surface area contributed by atoms with Crippen molar-refractivity contribution in [3.63, 3.8) is 0 Å². The molecule has 0 bridgehead atoms. The average molecular weight is 337 g/mol. The number of nitrogens with one attached hydrogen (secondary N) is 2. The fourth-order valence-corrected chi connectivity index (χ4v) is 3.32. The van der Waals surface area contributed by atoms with Crippen molar-refractivity contribution >= 4 is 17.7 Å². The minimum Gasteiger partial charge on any atom is -0.378 e. The molecular formula is C17H27N3O4. The molecule has 1 aliphatic carbocycles. The smallest absolute Gasteiger partial charge is 0.248 e. The van der Waals surface area contributed by atoms with Crippen LogP contribution in [0.1, 0.15) is 38.5 Å². The van der Waals surface area contributed by atoms with E-state index in [0.29, 0.717) is 39.1 Å². The summed E-state index contributed by atoms with van der Waals surface area (Å²) in [6.45, 7) is 5.84. The summed E-state index contributed by atoms with van der Waals surface area (Å²) in [7, 11) is 0. The monoisotopic (exact) mass is 337 g/mol. The van der Waals surface area contributed by atoms with Gasteiger partial charge in [-0.25, -0.2) is 0 Å². The van der Waals surface area contributed by atoms with Gasteiger partial charge in [-0.05, 0) is 18.9 Å². The zero-order chi connectivity index (χ0) is 17.4. The highest BCUT2D eigenvalue weighted by Crippen LogP contribution is 2.30. The number of morpholine rings is 1. The quantitative estimate of drug-likeness (QED) is 0.685. The molecule has 7 nitrogen and oxygen atoms in total. The van der Waals surface area contributed by atoms with Crippen LogP contribution in [-0.2, 0) is 19.1 Å². The number of amides is 3. The largest absolute Gasteiger partial charge is 0.378 e. The SMILES string of the molecule is C=CC(=O)NCCC(=O)NC1(C(=O)N2CCOCC2)CCCCC1. The maximum Gasteiger partial charge on any atom is 0.248 e. The molecule has 3 amide bonds. The van der Waals surface area contributed by atoms with Crippen LogP contribution in [0.5, 0.6) is 0 Å². The van der Waals surface area contributed by atoms with Crippen LogP contribution in [0.15, 0.2) is 12.7 Å². The number of ether oxygens (including phenoxy) is 1. The molecule has 1 saturated heterocycles. The lowest BCUT2D eigenvalue weighted by atomic mass is 9.80. The van der Waals surface area contributed by atoms with E-state index in [1.54, 1.807) is 4.90 Å². The molecule has 2 fully saturated rings. The Morgan fingerprint density at radius 3 is 2.42 bits per heavy atom. The highest BCUT2D eigenvalue weighted by molar-refractivity contribution is 5.92. The van der Waals surface area contributed by atoms with Gasteiger partial charge in [0.15, 0.2) is 0 Å². The van der Waals surface area contributed by atoms with Crippen LogP contribution < -0.4 is 10.6 Å². The second kappa shape index (κ2) is 8.82. The van der Waals surface area contributed by atoms with Crippen molar-refractivity contribution in [1.82, 2.24) is 15.5 Å². The summed E-state index contributed by atoms with van der Waals surface area (Å²) in [5.74, 6) is -0.503. The standard InChI is InChI=1S/C17H27N3O4/c1-2-14(21)18-9-6-15(22)19-17(7-4-3-5-8-17)16(23)20-10-12-24-13-11-20/h2H,1,3-13H2,(H,18,21)(H,19,22). The summed E-state index contributed by atoms with van der Waals surface area (Å²) in [5, 5.41) is 5.55. The van der Waals surface area contributed by atoms with Crippen molar-refractivity contribution in [2.24, 2.45) is 0 Å². The molecular weight excluding hydrogens is 310 g/mol. The molecule has 0 aromatic carbocycles. The molecule has 1 heterocycles. The van der Waals surface area contributed by atoms with Crippen molar-refractivity contribution in [1.29, 1.82) is 0 Å². The van der Waals surface area contributed by atoms with E-state index in [0.717, 1.165) is 19.3 Å². The predicted octanol–water partition coefficient (Wildman–Crippen LogP) is 0.357. The molecule has 0 atom stereocenters. The molecule has 1 aliphatic heterocycles. The Labute approximate surface area is 142 Å². The van der Waals surface area contributed by atoms with Crippen LogP contribution in [0, 0.1) is 0 Å². The minimum atomic E-state index is -0.797. The van der Waals surface area contributed by atoms with Gasteiger partial charge < -0.3 is 20.3 Å². The molecule has 2 aliphatic rings. The number of nitrogens with zero attached hydrogens (tertiary/aromatic N) is 1. The van der Waals surface area contributed by atoms with Gasteiger partial charge in [0.05, 0.1) is 13.2 Å². The summed E-state index contributed by atoms with van der Waals surface area (Å²) in [4.78, 5) is 38.2. The summed E-state index contributed by atoms with van der Waals surface area (Å²) in [6, 6.07) is 0. The van der Waals surface area contributed by atoms with Crippen LogP contribution in [0.4, 0.5) is 0 Å². The van der Waals surface area contributed by atoms with Gasteiger partial charge in [0.1, 0.15) is 5.54 Å². The predicted molar refractivity (Wildman–Crippen MR) is 89.2 cm³/mol. The zero-order valence-electron chi connectivity index (χ0n) is 14.1. The van der Waals surface area contributed by atoms with Gasteiger partial charge in [0.2, 0.25) is 17.7 Å². The zero-order valence-corrected chi connectivity index (χ0v) is 14.1. The molecule has 24 heavy (non-hydrogen) atoms. The van der Waals surface area contributed by atoms with Gasteiger partial charge in [-0.15, -0.1) is 0 Å². The van der Waals surface area contributed by atoms with Crippen LogP contribution in [0.25, 0.3) is 0 Å². The second-order valence-electron chi connectivity index (χ2n) is 6.34. The first-order chi connectivity index (χ1) is 11.6. The molecule has 2 N–H and O–H groups in total. The summed E-state index contributed by atoms with van der Waals surface area (Å²) < 4.78 is 5.31. The Kier molecular flexibility index (Phi) is 6.78. The molecule has 0 aromatic heterocycles. The third-order valence-electron chi connectivity index (χ3n) is 4.63. The molecule has 134 valence electrons. The van der Waals surface area contributed by atoms with Gasteiger partial charge in [-0.2, -0.15) is 0 Å². The fourth-order valence-electron chi connectivity index (χ4n) is 3.32. The van der Waals surface area contributed by atoms with E-state index in [4.69, 9.17) is 4.74 Å². The van der Waals surface area contributed by atoms with Crippen LogP contribution >= 0.6 is 0 Å². The molecule has 2 rings (SSSR count). The Hall–Kier alpha value is -1.89. The van der Waals surface area contributed by atoms with E-state index in [1.165, 1.54) is 6.08 Å². The normalized spacial score (nSPS) is 20.1. The number of carbonyl (C=O) groups excluding carboxylic acids is 3. The van der Waals surface area contributed by atoms with Gasteiger partial charge in [0.25, 0.3) is 0 Å². The fraction of sp³-hybridized carbons (Fsp3) is 0.706. The van der Waals surface area contributed by atoms with E-state index < -0.39 is 5.54 Å². The van der Waals surface area contributed by atoms with Crippen molar-refractivity contribution < 1.29 is 19.1 Å². The maximum atomic E-state index is 13.0. The van der Waals surface area contributed by atoms with Gasteiger partial charge in [0, 0.05) is 26.1 Å². The van der Waals surface area contributed by atoms with Crippen molar-refractivity contribution in [3.05, 3.63) is 12.7 Å². The molecule has 1 saturated carbocycles. The number of hydrogen-bond donors (Lipinski definition) is 2. The third-order valence-corrected chi connectivity index (χ3v) is 4.63. The number of rotatable bonds is 6. The molecule has 7 heteroatoms. The first-order valence-electron chi connectivity index (χ1n) is 8.66. The van der Waals surface area contributed by atoms with Gasteiger partial charge in [-0.3, -0.25) is 14.4 Å². The van der Waals surface area contributed by atoms with Crippen LogP contribution in [-0.4, -0.2) is 61.0 Å². The molecule has 0 radical (unpaired) electrons. The van der Waals surface area contributed by atoms with E-state index in [2.05, 4.69) is 17.2 Å². The first-order valence-corrected chi connectivity index (χ1v) is 8.66. The van der Waals surface area contributed by atoms with E-state index in [-0.39, 0.29) is 30.7 Å². The summed E-state index contributed by atoms with van der Waals surface area (Å²) in [5.41, 5.74) is -0.797. The van der Waals surface area contributed by atoms with E-state index in [1.807, 2.05) is 0 Å². The summed E-state index contributed by atoms with van der Waals surface area (Å²) in [6.07, 6.45) is 5.62. The average Bonchev–Trinajstić information content (AvgIpc) is 2.62. The van der Waals surface area contributed by atoms with Gasteiger partial charge in [-0.1, -0.05) is 25.8 Å². The lowest BCUT2D eigenvalue weighted by molar-refractivity contribution is -0.147. The van der Waals surface area contributed by atoms with Gasteiger partial charge >= 0.3 is 0 Å². The van der Waals surface area contributed by atoms with E-state index >= 15 is 0 Å². The molecule has 0 spiro atoms. The maximum absolute atomic E-state index is 13.0. The molecule has 0 unspecified atom stereocenters. The topological polar surface area (TPSA) is 87.7 Å². The highest BCUT2D eigenvalue weighted by atomic mass is 16.5. The number of carbonyl (C=O) groups is 3. The van der Waals surface area contributed by atoms with Crippen molar-refractivity contribution in [2.45, 2.75) is 44.1 Å². The highest BCUT2D eigenvalue weighted by Gasteiger charge is 2.43. The van der Waals surface area contributed by atoms with Crippen molar-refractivity contribution in [3.8, 4) is 0 Å². The Morgan fingerprint density at radius 2 is 1.79 bits per heavy atom. The van der Waals surface area contributed by atoms with Crippen LogP contribution in [0.3, 0.4) is 0 Å². The lowest BCUT2D eigenvalue weighted by Gasteiger charge is -2.41. The van der Waals surface area contributed by atoms with Crippen LogP contribution in [0.2, 0.25) is 0 Å². The molecule has 0 aromatic rings. The summed E-state index contributed by atoms with van der Waals surface area (Å²) >= 11 is 0. The van der Waals surface area contributed by atoms with Crippen molar-refractivity contribution in [2.75, 3.05) is 32.8 Å². The Bertz CT molecular complexity index is 480. The minimum absolute atomic E-state index is 0.00831. The van der Waals surface area contributed by atoms with E-state index in [9.17, 15) is 14.4 Å². The third kappa shape index (κ3) is 4.80. The Morgan fingerprint density at radius 1 is 1.12 bits per heavy atom. The lowest BCUT2D eigenvalue weighted by Crippen LogP contribution is -2.62. The number of hydrogen-bond acceptors (Lipinski definition) is 4. The Balaban J connectivity index is 1.96. The first kappa shape index (κ1) is 18.4. The second-order valence-corrected chi connectivity index (χ2v) is 6.34.